The average molecular weight is 636 g/mol. The molecule has 10 nitrogen and oxygen atoms in total. The molecule has 0 radical (unpaired) electrons. The van der Waals surface area contributed by atoms with Crippen molar-refractivity contribution in [1.29, 1.82) is 0 Å². The van der Waals surface area contributed by atoms with Gasteiger partial charge in [0, 0.05) is 51.4 Å². The first kappa shape index (κ1) is 32.4. The Hall–Kier alpha value is -3.57. The predicted octanol–water partition coefficient (Wildman–Crippen LogP) is 3.76. The van der Waals surface area contributed by atoms with Gasteiger partial charge in [0.25, 0.3) is 11.8 Å². The van der Waals surface area contributed by atoms with E-state index in [2.05, 4.69) is 15.2 Å². The topological polar surface area (TPSA) is 104 Å². The van der Waals surface area contributed by atoms with Gasteiger partial charge in [0.1, 0.15) is 18.1 Å². The highest BCUT2D eigenvalue weighted by atomic mass is 19.1. The Morgan fingerprint density at radius 2 is 1.72 bits per heavy atom. The number of nitrogens with zero attached hydrogens (tertiary/aromatic N) is 4. The van der Waals surface area contributed by atoms with Crippen molar-refractivity contribution in [1.82, 2.24) is 25.0 Å². The molecule has 6 bridgehead atoms. The molecule has 7 rings (SSSR count). The minimum Gasteiger partial charge on any atom is -0.475 e. The molecule has 5 aliphatic rings. The van der Waals surface area contributed by atoms with Crippen LogP contribution in [0.15, 0.2) is 42.5 Å². The highest BCUT2D eigenvalue weighted by Gasteiger charge is 2.41. The maximum absolute atomic E-state index is 14.6. The second kappa shape index (κ2) is 15.3. The van der Waals surface area contributed by atoms with E-state index in [1.165, 1.54) is 44.2 Å². The van der Waals surface area contributed by atoms with Crippen LogP contribution >= 0.6 is 0 Å². The molecule has 1 aromatic heterocycles. The van der Waals surface area contributed by atoms with Gasteiger partial charge < -0.3 is 24.6 Å². The van der Waals surface area contributed by atoms with Crippen molar-refractivity contribution in [2.75, 3.05) is 59.1 Å². The third-order valence-corrected chi connectivity index (χ3v) is 9.98. The first-order chi connectivity index (χ1) is 22.4. The van der Waals surface area contributed by atoms with E-state index >= 15 is 0 Å². The Kier molecular flexibility index (Phi) is 10.8. The fourth-order valence-electron chi connectivity index (χ4n) is 7.47. The zero-order valence-electron chi connectivity index (χ0n) is 26.6. The fourth-order valence-corrected chi connectivity index (χ4v) is 7.47. The quantitative estimate of drug-likeness (QED) is 0.513. The van der Waals surface area contributed by atoms with Gasteiger partial charge >= 0.3 is 0 Å². The summed E-state index contributed by atoms with van der Waals surface area (Å²) >= 11 is 0. The number of likely N-dealkylation sites (tertiary alicyclic amines) is 1. The summed E-state index contributed by atoms with van der Waals surface area (Å²) < 4.78 is 26.2. The standard InChI is InChI=1S/C35H46FN5O5/c36-29-10-5-4-9-28(29)34(43)40-17-18-45-19-20-46-32-12-6-11-30(38-32)33(42)37-27-21-31(35(44)39-15-13-26(22-40)14-16-39)41(24-27)23-25-7-2-1-3-8-25/h4-6,9-12,25-27,31H,1-3,7-8,13-24H2,(H,37,42)/t27-,31-/m0/s1. The lowest BCUT2D eigenvalue weighted by atomic mass is 9.88. The van der Waals surface area contributed by atoms with Crippen molar-refractivity contribution in [3.63, 3.8) is 0 Å². The number of benzene rings is 1. The van der Waals surface area contributed by atoms with Crippen LogP contribution in [-0.4, -0.2) is 109 Å². The first-order valence-corrected chi connectivity index (χ1v) is 17.0. The van der Waals surface area contributed by atoms with E-state index < -0.39 is 5.82 Å². The third-order valence-electron chi connectivity index (χ3n) is 9.98. The number of nitrogens with one attached hydrogen (secondary N) is 1. The molecule has 248 valence electrons. The predicted molar refractivity (Wildman–Crippen MR) is 170 cm³/mol. The van der Waals surface area contributed by atoms with E-state index in [9.17, 15) is 18.8 Å². The van der Waals surface area contributed by atoms with Crippen molar-refractivity contribution in [2.24, 2.45) is 11.8 Å². The monoisotopic (exact) mass is 635 g/mol. The van der Waals surface area contributed by atoms with Crippen LogP contribution in [0.5, 0.6) is 5.88 Å². The Morgan fingerprint density at radius 3 is 2.52 bits per heavy atom. The number of rotatable bonds is 3. The highest BCUT2D eigenvalue weighted by Crippen LogP contribution is 2.30. The molecule has 0 unspecified atom stereocenters. The number of carbonyl (C=O) groups excluding carboxylic acids is 3. The number of piperidine rings is 1. The molecule has 46 heavy (non-hydrogen) atoms. The summed E-state index contributed by atoms with van der Waals surface area (Å²) in [7, 11) is 0. The zero-order valence-corrected chi connectivity index (χ0v) is 26.6. The molecule has 2 aromatic rings. The Morgan fingerprint density at radius 1 is 0.913 bits per heavy atom. The molecule has 0 spiro atoms. The van der Waals surface area contributed by atoms with Gasteiger partial charge in [-0.15, -0.1) is 0 Å². The van der Waals surface area contributed by atoms with Gasteiger partial charge in [-0.25, -0.2) is 9.37 Å². The van der Waals surface area contributed by atoms with Crippen LogP contribution in [0, 0.1) is 17.7 Å². The molecule has 11 heteroatoms. The number of carbonyl (C=O) groups is 3. The summed E-state index contributed by atoms with van der Waals surface area (Å²) in [6.45, 7) is 4.25. The van der Waals surface area contributed by atoms with Gasteiger partial charge in [-0.1, -0.05) is 37.5 Å². The molecule has 2 atom stereocenters. The molecule has 1 aliphatic carbocycles. The highest BCUT2D eigenvalue weighted by molar-refractivity contribution is 5.94. The normalized spacial score (nSPS) is 25.9. The fraction of sp³-hybridized carbons (Fsp3) is 0.600. The summed E-state index contributed by atoms with van der Waals surface area (Å²) in [5.41, 5.74) is 0.314. The van der Waals surface area contributed by atoms with Gasteiger partial charge in [-0.05, 0) is 62.1 Å². The zero-order chi connectivity index (χ0) is 31.9. The van der Waals surface area contributed by atoms with Gasteiger partial charge in [0.05, 0.1) is 24.8 Å². The lowest BCUT2D eigenvalue weighted by Gasteiger charge is -2.38. The Balaban J connectivity index is 1.20. The van der Waals surface area contributed by atoms with Crippen molar-refractivity contribution in [3.8, 4) is 5.88 Å². The maximum Gasteiger partial charge on any atom is 0.270 e. The largest absolute Gasteiger partial charge is 0.475 e. The molecule has 2 saturated heterocycles. The second-order valence-corrected chi connectivity index (χ2v) is 13.2. The van der Waals surface area contributed by atoms with E-state index in [1.807, 2.05) is 4.90 Å². The number of ether oxygens (including phenoxy) is 2. The molecular weight excluding hydrogens is 589 g/mol. The van der Waals surface area contributed by atoms with Crippen LogP contribution in [0.25, 0.3) is 0 Å². The third kappa shape index (κ3) is 8.04. The molecule has 1 aromatic carbocycles. The molecule has 3 fully saturated rings. The van der Waals surface area contributed by atoms with E-state index in [-0.39, 0.29) is 66.8 Å². The lowest BCUT2D eigenvalue weighted by Crippen LogP contribution is -2.50. The molecule has 4 aliphatic heterocycles. The number of hydrogen-bond acceptors (Lipinski definition) is 7. The number of hydrogen-bond donors (Lipinski definition) is 1. The van der Waals surface area contributed by atoms with E-state index in [0.29, 0.717) is 50.9 Å². The Bertz CT molecular complexity index is 1360. The number of fused-ring (bicyclic) bond motifs is 10. The molecular formula is C35H46FN5O5. The SMILES string of the molecule is O=C1N[C@H]2C[C@@H](C(=O)N3CCC(CC3)CN(C(=O)c3ccccc3F)CCOCCOc3cccc1n3)N(CC1CCCCC1)C2. The second-order valence-electron chi connectivity index (χ2n) is 13.2. The number of halogens is 1. The Labute approximate surface area is 270 Å². The van der Waals surface area contributed by atoms with Gasteiger partial charge in [-0.3, -0.25) is 19.3 Å². The average Bonchev–Trinajstić information content (AvgIpc) is 3.47. The lowest BCUT2D eigenvalue weighted by molar-refractivity contribution is -0.137. The minimum atomic E-state index is -0.542. The minimum absolute atomic E-state index is 0.0481. The van der Waals surface area contributed by atoms with Crippen LogP contribution in [0.2, 0.25) is 0 Å². The van der Waals surface area contributed by atoms with Crippen molar-refractivity contribution in [3.05, 3.63) is 59.5 Å². The van der Waals surface area contributed by atoms with E-state index in [0.717, 1.165) is 19.4 Å². The van der Waals surface area contributed by atoms with Crippen LogP contribution in [0.3, 0.4) is 0 Å². The first-order valence-electron chi connectivity index (χ1n) is 17.0. The number of pyridine rings is 1. The van der Waals surface area contributed by atoms with E-state index in [1.54, 1.807) is 35.2 Å². The van der Waals surface area contributed by atoms with Crippen LogP contribution in [-0.2, 0) is 9.53 Å². The summed E-state index contributed by atoms with van der Waals surface area (Å²) in [5.74, 6) is 0.0234. The molecule has 3 amide bonds. The summed E-state index contributed by atoms with van der Waals surface area (Å²) in [6.07, 6.45) is 8.20. The van der Waals surface area contributed by atoms with Crippen molar-refractivity contribution in [2.45, 2.75) is 63.5 Å². The van der Waals surface area contributed by atoms with Crippen molar-refractivity contribution < 1.29 is 28.2 Å². The summed E-state index contributed by atoms with van der Waals surface area (Å²) in [6, 6.07) is 10.7. The van der Waals surface area contributed by atoms with Gasteiger partial charge in [0.15, 0.2) is 0 Å². The number of amides is 3. The van der Waals surface area contributed by atoms with Gasteiger partial charge in [0.2, 0.25) is 11.8 Å². The summed E-state index contributed by atoms with van der Waals surface area (Å²) in [4.78, 5) is 51.2. The van der Waals surface area contributed by atoms with Crippen LogP contribution in [0.4, 0.5) is 4.39 Å². The maximum atomic E-state index is 14.6. The van der Waals surface area contributed by atoms with Crippen LogP contribution in [0.1, 0.15) is 72.2 Å². The number of aromatic nitrogens is 1. The molecule has 1 saturated carbocycles. The van der Waals surface area contributed by atoms with Crippen molar-refractivity contribution >= 4 is 17.7 Å². The smallest absolute Gasteiger partial charge is 0.270 e. The van der Waals surface area contributed by atoms with Gasteiger partial charge in [-0.2, -0.15) is 0 Å². The molecule has 1 N–H and O–H groups in total. The van der Waals surface area contributed by atoms with Crippen LogP contribution < -0.4 is 10.1 Å². The van der Waals surface area contributed by atoms with E-state index in [4.69, 9.17) is 9.47 Å². The molecule has 5 heterocycles. The summed E-state index contributed by atoms with van der Waals surface area (Å²) in [5, 5.41) is 3.15.